The predicted molar refractivity (Wildman–Crippen MR) is 35.8 cm³/mol. The SMILES string of the molecule is C[C@H](O)[C@H](O)[C@@H](O)[C@@H](O)C(=O)F. The Kier molecular flexibility index (Phi) is 4.25. The Morgan fingerprint density at radius 2 is 1.58 bits per heavy atom. The molecule has 0 fully saturated rings. The third-order valence-electron chi connectivity index (χ3n) is 1.40. The molecule has 0 aromatic carbocycles. The normalized spacial score (nSPS) is 21.2. The van der Waals surface area contributed by atoms with Gasteiger partial charge in [-0.3, -0.25) is 4.79 Å². The van der Waals surface area contributed by atoms with E-state index in [-0.39, 0.29) is 0 Å². The first-order valence-electron chi connectivity index (χ1n) is 3.29. The molecular weight excluding hydrogens is 171 g/mol. The van der Waals surface area contributed by atoms with Crippen LogP contribution in [0.25, 0.3) is 0 Å². The van der Waals surface area contributed by atoms with Crippen LogP contribution in [0.15, 0.2) is 0 Å². The van der Waals surface area contributed by atoms with Crippen molar-refractivity contribution in [1.82, 2.24) is 0 Å². The van der Waals surface area contributed by atoms with Crippen LogP contribution in [0.5, 0.6) is 0 Å². The first kappa shape index (κ1) is 11.4. The molecule has 0 saturated heterocycles. The van der Waals surface area contributed by atoms with Crippen LogP contribution in [0.1, 0.15) is 6.92 Å². The van der Waals surface area contributed by atoms with Gasteiger partial charge in [-0.1, -0.05) is 0 Å². The molecule has 6 heteroatoms. The molecule has 0 aliphatic carbocycles. The van der Waals surface area contributed by atoms with Crippen LogP contribution in [-0.4, -0.2) is 50.9 Å². The Morgan fingerprint density at radius 1 is 1.17 bits per heavy atom. The van der Waals surface area contributed by atoms with Crippen molar-refractivity contribution in [3.63, 3.8) is 0 Å². The number of hydrogen-bond acceptors (Lipinski definition) is 5. The molecule has 4 atom stereocenters. The van der Waals surface area contributed by atoms with E-state index in [1.807, 2.05) is 0 Å². The summed E-state index contributed by atoms with van der Waals surface area (Å²) in [6.45, 7) is 1.13. The third-order valence-corrected chi connectivity index (χ3v) is 1.40. The number of halogens is 1. The van der Waals surface area contributed by atoms with Crippen LogP contribution < -0.4 is 0 Å². The molecule has 0 bridgehead atoms. The van der Waals surface area contributed by atoms with E-state index in [1.54, 1.807) is 0 Å². The Labute approximate surface area is 68.1 Å². The number of rotatable bonds is 4. The second kappa shape index (κ2) is 4.46. The van der Waals surface area contributed by atoms with Crippen LogP contribution >= 0.6 is 0 Å². The van der Waals surface area contributed by atoms with Crippen LogP contribution in [0.3, 0.4) is 0 Å². The zero-order valence-electron chi connectivity index (χ0n) is 6.38. The highest BCUT2D eigenvalue weighted by Crippen LogP contribution is 2.05. The second-order valence-corrected chi connectivity index (χ2v) is 2.47. The number of aliphatic hydroxyl groups is 4. The van der Waals surface area contributed by atoms with Gasteiger partial charge in [0.25, 0.3) is 0 Å². The molecule has 0 radical (unpaired) electrons. The first-order valence-corrected chi connectivity index (χ1v) is 3.29. The van der Waals surface area contributed by atoms with Crippen molar-refractivity contribution in [3.05, 3.63) is 0 Å². The summed E-state index contributed by atoms with van der Waals surface area (Å²) in [4.78, 5) is 9.84. The van der Waals surface area contributed by atoms with Crippen molar-refractivity contribution in [3.8, 4) is 0 Å². The van der Waals surface area contributed by atoms with Gasteiger partial charge in [0.15, 0.2) is 6.10 Å². The lowest BCUT2D eigenvalue weighted by Gasteiger charge is -2.21. The van der Waals surface area contributed by atoms with E-state index >= 15 is 0 Å². The highest BCUT2D eigenvalue weighted by atomic mass is 19.1. The minimum absolute atomic E-state index is 1.13. The molecule has 0 aromatic heterocycles. The molecule has 0 aliphatic rings. The second-order valence-electron chi connectivity index (χ2n) is 2.47. The van der Waals surface area contributed by atoms with E-state index in [4.69, 9.17) is 20.4 Å². The lowest BCUT2D eigenvalue weighted by atomic mass is 10.0. The molecule has 0 saturated carbocycles. The minimum Gasteiger partial charge on any atom is -0.391 e. The van der Waals surface area contributed by atoms with Gasteiger partial charge in [0.2, 0.25) is 0 Å². The average Bonchev–Trinajstić information content (AvgIpc) is 2.00. The highest BCUT2D eigenvalue weighted by Gasteiger charge is 2.32. The fourth-order valence-electron chi connectivity index (χ4n) is 0.606. The smallest absolute Gasteiger partial charge is 0.332 e. The largest absolute Gasteiger partial charge is 0.391 e. The quantitative estimate of drug-likeness (QED) is 0.375. The fourth-order valence-corrected chi connectivity index (χ4v) is 0.606. The van der Waals surface area contributed by atoms with Gasteiger partial charge in [-0.25, -0.2) is 0 Å². The van der Waals surface area contributed by atoms with Crippen molar-refractivity contribution in [2.24, 2.45) is 0 Å². The molecule has 0 amide bonds. The fraction of sp³-hybridized carbons (Fsp3) is 0.833. The number of hydrogen-bond donors (Lipinski definition) is 4. The maximum atomic E-state index is 11.7. The topological polar surface area (TPSA) is 98.0 Å². The summed E-state index contributed by atoms with van der Waals surface area (Å²) in [7, 11) is 0. The predicted octanol–water partition coefficient (Wildman–Crippen LogP) is -2.05. The molecule has 72 valence electrons. The number of carbonyl (C=O) groups is 1. The minimum atomic E-state index is -2.31. The highest BCUT2D eigenvalue weighted by molar-refractivity contribution is 5.73. The van der Waals surface area contributed by atoms with Crippen molar-refractivity contribution in [2.45, 2.75) is 31.3 Å². The molecule has 0 spiro atoms. The van der Waals surface area contributed by atoms with Gasteiger partial charge in [0.05, 0.1) is 6.10 Å². The van der Waals surface area contributed by atoms with E-state index < -0.39 is 30.5 Å². The molecule has 12 heavy (non-hydrogen) atoms. The van der Waals surface area contributed by atoms with Gasteiger partial charge in [-0.05, 0) is 6.92 Å². The molecule has 0 unspecified atom stereocenters. The monoisotopic (exact) mass is 182 g/mol. The zero-order valence-corrected chi connectivity index (χ0v) is 6.38. The summed E-state index contributed by atoms with van der Waals surface area (Å²) in [5.74, 6) is 0. The molecular formula is C6H11FO5. The van der Waals surface area contributed by atoms with Gasteiger partial charge in [0.1, 0.15) is 12.2 Å². The van der Waals surface area contributed by atoms with Crippen LogP contribution in [0, 0.1) is 0 Å². The number of carbonyl (C=O) groups excluding carboxylic acids is 1. The van der Waals surface area contributed by atoms with Crippen molar-refractivity contribution in [2.75, 3.05) is 0 Å². The van der Waals surface area contributed by atoms with E-state index in [0.717, 1.165) is 6.92 Å². The summed E-state index contributed by atoms with van der Waals surface area (Å²) in [6.07, 6.45) is -7.43. The van der Waals surface area contributed by atoms with Gasteiger partial charge < -0.3 is 20.4 Å². The summed E-state index contributed by atoms with van der Waals surface area (Å²) >= 11 is 0. The van der Waals surface area contributed by atoms with Crippen molar-refractivity contribution < 1.29 is 29.6 Å². The Bertz CT molecular complexity index is 160. The van der Waals surface area contributed by atoms with Gasteiger partial charge >= 0.3 is 6.04 Å². The zero-order chi connectivity index (χ0) is 9.89. The Balaban J connectivity index is 4.18. The van der Waals surface area contributed by atoms with Crippen LogP contribution in [-0.2, 0) is 4.79 Å². The summed E-state index contributed by atoms with van der Waals surface area (Å²) in [5, 5.41) is 34.9. The Hall–Kier alpha value is -0.560. The lowest BCUT2D eigenvalue weighted by Crippen LogP contribution is -2.45. The lowest BCUT2D eigenvalue weighted by molar-refractivity contribution is -0.154. The molecule has 0 rings (SSSR count). The van der Waals surface area contributed by atoms with Crippen LogP contribution in [0.4, 0.5) is 4.39 Å². The molecule has 5 nitrogen and oxygen atoms in total. The third kappa shape index (κ3) is 2.82. The van der Waals surface area contributed by atoms with Gasteiger partial charge in [0, 0.05) is 0 Å². The average molecular weight is 182 g/mol. The molecule has 0 aliphatic heterocycles. The molecule has 4 N–H and O–H groups in total. The van der Waals surface area contributed by atoms with Gasteiger partial charge in [-0.15, -0.1) is 0 Å². The van der Waals surface area contributed by atoms with E-state index in [1.165, 1.54) is 0 Å². The van der Waals surface area contributed by atoms with E-state index in [0.29, 0.717) is 0 Å². The number of aliphatic hydroxyl groups excluding tert-OH is 4. The standard InChI is InChI=1S/C6H11FO5/c1-2(8)3(9)4(10)5(11)6(7)12/h2-5,8-11H,1H3/t2-,3-,4+,5+/m0/s1. The molecule has 0 heterocycles. The van der Waals surface area contributed by atoms with Crippen molar-refractivity contribution >= 4 is 6.04 Å². The molecule has 0 aromatic rings. The first-order chi connectivity index (χ1) is 5.37. The summed E-state index contributed by atoms with van der Waals surface area (Å²) < 4.78 is 11.7. The summed E-state index contributed by atoms with van der Waals surface area (Å²) in [5.41, 5.74) is 0. The van der Waals surface area contributed by atoms with E-state index in [2.05, 4.69) is 0 Å². The summed E-state index contributed by atoms with van der Waals surface area (Å²) in [6, 6.07) is -2.15. The maximum absolute atomic E-state index is 11.7. The van der Waals surface area contributed by atoms with Crippen LogP contribution in [0.2, 0.25) is 0 Å². The van der Waals surface area contributed by atoms with Gasteiger partial charge in [-0.2, -0.15) is 4.39 Å². The van der Waals surface area contributed by atoms with E-state index in [9.17, 15) is 9.18 Å². The van der Waals surface area contributed by atoms with Crippen molar-refractivity contribution in [1.29, 1.82) is 0 Å². The maximum Gasteiger partial charge on any atom is 0.332 e. The Morgan fingerprint density at radius 3 is 1.83 bits per heavy atom.